The third-order valence-corrected chi connectivity index (χ3v) is 5.02. The Bertz CT molecular complexity index is 484. The number of methoxy groups -OCH3 is 1. The van der Waals surface area contributed by atoms with E-state index in [1.165, 1.54) is 49.8 Å². The third-order valence-electron chi connectivity index (χ3n) is 5.02. The number of rotatable bonds is 6. The van der Waals surface area contributed by atoms with E-state index in [1.807, 2.05) is 0 Å². The van der Waals surface area contributed by atoms with Gasteiger partial charge in [-0.2, -0.15) is 0 Å². The van der Waals surface area contributed by atoms with Gasteiger partial charge in [0, 0.05) is 18.1 Å². The highest BCUT2D eigenvalue weighted by Crippen LogP contribution is 2.39. The first-order valence-corrected chi connectivity index (χ1v) is 8.38. The highest BCUT2D eigenvalue weighted by Gasteiger charge is 2.39. The molecule has 3 rings (SSSR count). The van der Waals surface area contributed by atoms with Crippen LogP contribution in [-0.2, 0) is 6.42 Å². The van der Waals surface area contributed by atoms with Crippen LogP contribution in [0, 0.1) is 0 Å². The highest BCUT2D eigenvalue weighted by atomic mass is 16.5. The van der Waals surface area contributed by atoms with E-state index in [9.17, 15) is 0 Å². The zero-order valence-electron chi connectivity index (χ0n) is 13.6. The molecule has 0 aliphatic heterocycles. The second-order valence-corrected chi connectivity index (χ2v) is 6.41. The van der Waals surface area contributed by atoms with Crippen molar-refractivity contribution in [1.29, 1.82) is 0 Å². The molecule has 2 unspecified atom stereocenters. The van der Waals surface area contributed by atoms with Crippen LogP contribution < -0.4 is 10.1 Å². The molecule has 3 nitrogen and oxygen atoms in total. The fourth-order valence-electron chi connectivity index (χ4n) is 3.88. The SMILES string of the molecule is CCCN(C1CC1)C1CCc2ccc(OC)cc2C1NC. The molecule has 2 atom stereocenters. The number of hydrogen-bond donors (Lipinski definition) is 1. The van der Waals surface area contributed by atoms with E-state index >= 15 is 0 Å². The maximum atomic E-state index is 5.43. The molecule has 1 aromatic rings. The largest absolute Gasteiger partial charge is 0.497 e. The Morgan fingerprint density at radius 3 is 2.71 bits per heavy atom. The number of likely N-dealkylation sites (N-methyl/N-ethyl adjacent to an activating group) is 1. The molecule has 1 N–H and O–H groups in total. The van der Waals surface area contributed by atoms with Gasteiger partial charge in [0.05, 0.1) is 7.11 Å². The molecular formula is C18H28N2O. The normalized spacial score (nSPS) is 25.0. The molecule has 0 saturated heterocycles. The zero-order chi connectivity index (χ0) is 14.8. The summed E-state index contributed by atoms with van der Waals surface area (Å²) >= 11 is 0. The molecule has 2 aliphatic rings. The van der Waals surface area contributed by atoms with Crippen LogP contribution in [0.25, 0.3) is 0 Å². The number of fused-ring (bicyclic) bond motifs is 1. The van der Waals surface area contributed by atoms with Crippen LogP contribution in [0.5, 0.6) is 5.75 Å². The number of nitrogens with zero attached hydrogens (tertiary/aromatic N) is 1. The van der Waals surface area contributed by atoms with Crippen molar-refractivity contribution >= 4 is 0 Å². The monoisotopic (exact) mass is 288 g/mol. The van der Waals surface area contributed by atoms with Gasteiger partial charge in [0.15, 0.2) is 0 Å². The third kappa shape index (κ3) is 2.95. The quantitative estimate of drug-likeness (QED) is 0.870. The van der Waals surface area contributed by atoms with Gasteiger partial charge in [-0.3, -0.25) is 4.90 Å². The van der Waals surface area contributed by atoms with Gasteiger partial charge in [-0.25, -0.2) is 0 Å². The molecule has 3 heteroatoms. The van der Waals surface area contributed by atoms with Gasteiger partial charge in [0.1, 0.15) is 5.75 Å². The average Bonchev–Trinajstić information content (AvgIpc) is 3.35. The Balaban J connectivity index is 1.89. The molecule has 0 heterocycles. The van der Waals surface area contributed by atoms with Gasteiger partial charge >= 0.3 is 0 Å². The highest BCUT2D eigenvalue weighted by molar-refractivity contribution is 5.40. The van der Waals surface area contributed by atoms with E-state index in [4.69, 9.17) is 4.74 Å². The number of nitrogens with one attached hydrogen (secondary N) is 1. The van der Waals surface area contributed by atoms with Crippen LogP contribution in [0.4, 0.5) is 0 Å². The standard InChI is InChI=1S/C18H28N2O/c1-4-11-20(14-7-8-14)17-10-6-13-5-9-15(21-3)12-16(13)18(17)19-2/h5,9,12,14,17-19H,4,6-8,10-11H2,1-3H3. The molecule has 1 saturated carbocycles. The summed E-state index contributed by atoms with van der Waals surface area (Å²) in [5.41, 5.74) is 2.92. The van der Waals surface area contributed by atoms with Crippen LogP contribution in [-0.4, -0.2) is 37.7 Å². The molecule has 2 aliphatic carbocycles. The van der Waals surface area contributed by atoms with Gasteiger partial charge in [-0.15, -0.1) is 0 Å². The van der Waals surface area contributed by atoms with E-state index in [0.717, 1.165) is 11.8 Å². The Hall–Kier alpha value is -1.06. The first kappa shape index (κ1) is 14.9. The maximum Gasteiger partial charge on any atom is 0.119 e. The van der Waals surface area contributed by atoms with Crippen LogP contribution in [0.2, 0.25) is 0 Å². The first-order chi connectivity index (χ1) is 10.3. The predicted octanol–water partition coefficient (Wildman–Crippen LogP) is 3.14. The Morgan fingerprint density at radius 1 is 1.29 bits per heavy atom. The van der Waals surface area contributed by atoms with Crippen LogP contribution in [0.1, 0.15) is 49.8 Å². The lowest BCUT2D eigenvalue weighted by molar-refractivity contribution is 0.134. The molecule has 1 fully saturated rings. The average molecular weight is 288 g/mol. The second-order valence-electron chi connectivity index (χ2n) is 6.41. The van der Waals surface area contributed by atoms with E-state index in [2.05, 4.69) is 42.4 Å². The van der Waals surface area contributed by atoms with E-state index < -0.39 is 0 Å². The molecule has 116 valence electrons. The molecule has 0 aromatic heterocycles. The Labute approximate surface area is 128 Å². The summed E-state index contributed by atoms with van der Waals surface area (Å²) in [7, 11) is 3.85. The van der Waals surface area contributed by atoms with Crippen molar-refractivity contribution in [3.63, 3.8) is 0 Å². The van der Waals surface area contributed by atoms with E-state index in [1.54, 1.807) is 7.11 Å². The number of hydrogen-bond acceptors (Lipinski definition) is 3. The van der Waals surface area contributed by atoms with Crippen molar-refractivity contribution in [2.75, 3.05) is 20.7 Å². The van der Waals surface area contributed by atoms with Crippen molar-refractivity contribution in [2.45, 2.75) is 57.2 Å². The fraction of sp³-hybridized carbons (Fsp3) is 0.667. The summed E-state index contributed by atoms with van der Waals surface area (Å²) in [5.74, 6) is 0.975. The van der Waals surface area contributed by atoms with E-state index in [0.29, 0.717) is 12.1 Å². The molecule has 0 spiro atoms. The summed E-state index contributed by atoms with van der Waals surface area (Å²) in [5, 5.41) is 3.59. The van der Waals surface area contributed by atoms with Gasteiger partial charge in [-0.05, 0) is 69.0 Å². The van der Waals surface area contributed by atoms with Crippen molar-refractivity contribution < 1.29 is 4.74 Å². The smallest absolute Gasteiger partial charge is 0.119 e. The number of ether oxygens (including phenoxy) is 1. The Morgan fingerprint density at radius 2 is 2.10 bits per heavy atom. The maximum absolute atomic E-state index is 5.43. The minimum atomic E-state index is 0.427. The Kier molecular flexibility index (Phi) is 4.51. The molecule has 0 bridgehead atoms. The van der Waals surface area contributed by atoms with Gasteiger partial charge < -0.3 is 10.1 Å². The van der Waals surface area contributed by atoms with Crippen LogP contribution >= 0.6 is 0 Å². The zero-order valence-corrected chi connectivity index (χ0v) is 13.6. The minimum absolute atomic E-state index is 0.427. The first-order valence-electron chi connectivity index (χ1n) is 8.38. The van der Waals surface area contributed by atoms with E-state index in [-0.39, 0.29) is 0 Å². The predicted molar refractivity (Wildman–Crippen MR) is 86.9 cm³/mol. The molecular weight excluding hydrogens is 260 g/mol. The van der Waals surface area contributed by atoms with Crippen molar-refractivity contribution in [3.05, 3.63) is 29.3 Å². The fourth-order valence-corrected chi connectivity index (χ4v) is 3.88. The molecule has 0 radical (unpaired) electrons. The van der Waals surface area contributed by atoms with Crippen molar-refractivity contribution in [1.82, 2.24) is 10.2 Å². The summed E-state index contributed by atoms with van der Waals surface area (Å²) in [6, 6.07) is 8.46. The van der Waals surface area contributed by atoms with Gasteiger partial charge in [0.2, 0.25) is 0 Å². The lowest BCUT2D eigenvalue weighted by Crippen LogP contribution is -2.47. The van der Waals surface area contributed by atoms with Gasteiger partial charge in [0.25, 0.3) is 0 Å². The summed E-state index contributed by atoms with van der Waals surface area (Å²) < 4.78 is 5.43. The van der Waals surface area contributed by atoms with Gasteiger partial charge in [-0.1, -0.05) is 13.0 Å². The molecule has 0 amide bonds. The minimum Gasteiger partial charge on any atom is -0.497 e. The second kappa shape index (κ2) is 6.37. The lowest BCUT2D eigenvalue weighted by Gasteiger charge is -2.41. The summed E-state index contributed by atoms with van der Waals surface area (Å²) in [6.45, 7) is 3.52. The topological polar surface area (TPSA) is 24.5 Å². The van der Waals surface area contributed by atoms with Crippen LogP contribution in [0.15, 0.2) is 18.2 Å². The number of benzene rings is 1. The summed E-state index contributed by atoms with van der Waals surface area (Å²) in [6.07, 6.45) is 6.47. The summed E-state index contributed by atoms with van der Waals surface area (Å²) in [4.78, 5) is 2.77. The number of aryl methyl sites for hydroxylation is 1. The molecule has 21 heavy (non-hydrogen) atoms. The van der Waals surface area contributed by atoms with Crippen LogP contribution in [0.3, 0.4) is 0 Å². The molecule has 1 aromatic carbocycles. The van der Waals surface area contributed by atoms with Crippen molar-refractivity contribution in [2.24, 2.45) is 0 Å². The lowest BCUT2D eigenvalue weighted by atomic mass is 9.83. The van der Waals surface area contributed by atoms with Crippen molar-refractivity contribution in [3.8, 4) is 5.75 Å².